The van der Waals surface area contributed by atoms with Gasteiger partial charge in [-0.3, -0.25) is 0 Å². The van der Waals surface area contributed by atoms with Gasteiger partial charge >= 0.3 is 0 Å². The van der Waals surface area contributed by atoms with Gasteiger partial charge in [0.05, 0.1) is 6.10 Å². The summed E-state index contributed by atoms with van der Waals surface area (Å²) in [5, 5.41) is 13.1. The van der Waals surface area contributed by atoms with Gasteiger partial charge in [0.1, 0.15) is 0 Å². The SMILES string of the molecule is CC(O)CCc1nc(C2CC2(C)C)no1. The monoisotopic (exact) mass is 210 g/mol. The van der Waals surface area contributed by atoms with Crippen molar-refractivity contribution in [1.29, 1.82) is 0 Å². The quantitative estimate of drug-likeness (QED) is 0.824. The van der Waals surface area contributed by atoms with Crippen LogP contribution in [0.4, 0.5) is 0 Å². The zero-order chi connectivity index (χ0) is 11.1. The first-order valence-corrected chi connectivity index (χ1v) is 5.49. The molecule has 1 fully saturated rings. The van der Waals surface area contributed by atoms with Gasteiger partial charge in [0, 0.05) is 12.3 Å². The molecule has 0 bridgehead atoms. The summed E-state index contributed by atoms with van der Waals surface area (Å²) in [5.74, 6) is 1.94. The van der Waals surface area contributed by atoms with Gasteiger partial charge in [0.25, 0.3) is 0 Å². The van der Waals surface area contributed by atoms with Gasteiger partial charge in [0.15, 0.2) is 5.82 Å². The van der Waals surface area contributed by atoms with Crippen LogP contribution >= 0.6 is 0 Å². The summed E-state index contributed by atoms with van der Waals surface area (Å²) in [5.41, 5.74) is 0.339. The smallest absolute Gasteiger partial charge is 0.226 e. The molecule has 84 valence electrons. The Labute approximate surface area is 89.7 Å². The van der Waals surface area contributed by atoms with Crippen molar-refractivity contribution in [3.8, 4) is 0 Å². The first kappa shape index (κ1) is 10.6. The van der Waals surface area contributed by atoms with Crippen molar-refractivity contribution < 1.29 is 9.63 Å². The van der Waals surface area contributed by atoms with Crippen molar-refractivity contribution in [3.05, 3.63) is 11.7 Å². The van der Waals surface area contributed by atoms with Crippen molar-refractivity contribution in [3.63, 3.8) is 0 Å². The van der Waals surface area contributed by atoms with E-state index in [0.29, 0.717) is 30.1 Å². The zero-order valence-corrected chi connectivity index (χ0v) is 9.53. The second kappa shape index (κ2) is 3.59. The third-order valence-corrected chi connectivity index (χ3v) is 3.08. The van der Waals surface area contributed by atoms with Gasteiger partial charge in [-0.25, -0.2) is 0 Å². The highest BCUT2D eigenvalue weighted by Crippen LogP contribution is 2.57. The molecule has 2 atom stereocenters. The Kier molecular flexibility index (Phi) is 2.54. The van der Waals surface area contributed by atoms with Crippen LogP contribution in [0.2, 0.25) is 0 Å². The fourth-order valence-electron chi connectivity index (χ4n) is 1.75. The van der Waals surface area contributed by atoms with Gasteiger partial charge in [-0.2, -0.15) is 4.98 Å². The number of rotatable bonds is 4. The van der Waals surface area contributed by atoms with E-state index >= 15 is 0 Å². The van der Waals surface area contributed by atoms with Gasteiger partial charge in [-0.1, -0.05) is 19.0 Å². The predicted molar refractivity (Wildman–Crippen MR) is 55.4 cm³/mol. The Morgan fingerprint density at radius 2 is 2.27 bits per heavy atom. The van der Waals surface area contributed by atoms with E-state index in [0.717, 1.165) is 12.2 Å². The number of nitrogens with zero attached hydrogens (tertiary/aromatic N) is 2. The van der Waals surface area contributed by atoms with Crippen LogP contribution < -0.4 is 0 Å². The van der Waals surface area contributed by atoms with E-state index < -0.39 is 0 Å². The van der Waals surface area contributed by atoms with Crippen LogP contribution in [0, 0.1) is 5.41 Å². The van der Waals surface area contributed by atoms with Crippen molar-refractivity contribution in [2.75, 3.05) is 0 Å². The number of aromatic nitrogens is 2. The van der Waals surface area contributed by atoms with Crippen molar-refractivity contribution >= 4 is 0 Å². The highest BCUT2D eigenvalue weighted by Gasteiger charge is 2.49. The topological polar surface area (TPSA) is 59.2 Å². The number of hydrogen-bond acceptors (Lipinski definition) is 4. The summed E-state index contributed by atoms with van der Waals surface area (Å²) in [6.07, 6.45) is 2.17. The molecule has 2 rings (SSSR count). The summed E-state index contributed by atoms with van der Waals surface area (Å²) < 4.78 is 5.14. The van der Waals surface area contributed by atoms with Crippen LogP contribution in [-0.2, 0) is 6.42 Å². The Hall–Kier alpha value is -0.900. The lowest BCUT2D eigenvalue weighted by Gasteiger charge is -1.98. The molecule has 0 saturated heterocycles. The molecule has 0 aliphatic heterocycles. The second-order valence-electron chi connectivity index (χ2n) is 5.18. The molecule has 4 nitrogen and oxygen atoms in total. The van der Waals surface area contributed by atoms with Crippen LogP contribution in [0.5, 0.6) is 0 Å². The fraction of sp³-hybridized carbons (Fsp3) is 0.818. The van der Waals surface area contributed by atoms with E-state index in [4.69, 9.17) is 9.63 Å². The second-order valence-corrected chi connectivity index (χ2v) is 5.18. The van der Waals surface area contributed by atoms with E-state index in [1.807, 2.05) is 0 Å². The van der Waals surface area contributed by atoms with Crippen molar-refractivity contribution in [2.24, 2.45) is 5.41 Å². The maximum Gasteiger partial charge on any atom is 0.226 e. The van der Waals surface area contributed by atoms with Crippen LogP contribution in [0.3, 0.4) is 0 Å². The number of hydrogen-bond donors (Lipinski definition) is 1. The summed E-state index contributed by atoms with van der Waals surface area (Å²) in [4.78, 5) is 4.35. The molecule has 1 aliphatic rings. The van der Waals surface area contributed by atoms with Crippen molar-refractivity contribution in [1.82, 2.24) is 10.1 Å². The zero-order valence-electron chi connectivity index (χ0n) is 9.53. The lowest BCUT2D eigenvalue weighted by molar-refractivity contribution is 0.180. The highest BCUT2D eigenvalue weighted by molar-refractivity contribution is 5.14. The highest BCUT2D eigenvalue weighted by atomic mass is 16.5. The first-order valence-electron chi connectivity index (χ1n) is 5.49. The van der Waals surface area contributed by atoms with E-state index in [2.05, 4.69) is 24.0 Å². The van der Waals surface area contributed by atoms with E-state index in [1.54, 1.807) is 6.92 Å². The van der Waals surface area contributed by atoms with Crippen LogP contribution in [0.15, 0.2) is 4.52 Å². The van der Waals surface area contributed by atoms with Crippen LogP contribution in [0.25, 0.3) is 0 Å². The fourth-order valence-corrected chi connectivity index (χ4v) is 1.75. The number of aliphatic hydroxyl groups is 1. The minimum absolute atomic E-state index is 0.308. The van der Waals surface area contributed by atoms with Crippen molar-refractivity contribution in [2.45, 2.75) is 52.1 Å². The molecule has 0 amide bonds. The maximum atomic E-state index is 9.14. The van der Waals surface area contributed by atoms with Crippen LogP contribution in [-0.4, -0.2) is 21.4 Å². The molecule has 1 aromatic rings. The van der Waals surface area contributed by atoms with Crippen LogP contribution in [0.1, 0.15) is 51.2 Å². The summed E-state index contributed by atoms with van der Waals surface area (Å²) >= 11 is 0. The van der Waals surface area contributed by atoms with Gasteiger partial charge < -0.3 is 9.63 Å². The van der Waals surface area contributed by atoms with E-state index in [1.165, 1.54) is 0 Å². The molecular weight excluding hydrogens is 192 g/mol. The third kappa shape index (κ3) is 2.37. The molecule has 15 heavy (non-hydrogen) atoms. The lowest BCUT2D eigenvalue weighted by Crippen LogP contribution is -2.01. The molecule has 0 radical (unpaired) electrons. The first-order chi connectivity index (χ1) is 6.99. The molecular formula is C11H18N2O2. The molecule has 2 unspecified atom stereocenters. The summed E-state index contributed by atoms with van der Waals surface area (Å²) in [6, 6.07) is 0. The van der Waals surface area contributed by atoms with Gasteiger partial charge in [0.2, 0.25) is 5.89 Å². The molecule has 1 N–H and O–H groups in total. The Balaban J connectivity index is 1.93. The minimum Gasteiger partial charge on any atom is -0.393 e. The Morgan fingerprint density at radius 3 is 2.80 bits per heavy atom. The third-order valence-electron chi connectivity index (χ3n) is 3.08. The molecule has 4 heteroatoms. The normalized spacial score (nSPS) is 25.2. The summed E-state index contributed by atoms with van der Waals surface area (Å²) in [6.45, 7) is 6.19. The van der Waals surface area contributed by atoms with Gasteiger partial charge in [-0.05, 0) is 25.2 Å². The number of aryl methyl sites for hydroxylation is 1. The molecule has 1 aliphatic carbocycles. The van der Waals surface area contributed by atoms with E-state index in [-0.39, 0.29) is 6.10 Å². The average molecular weight is 210 g/mol. The molecule has 1 saturated carbocycles. The van der Waals surface area contributed by atoms with E-state index in [9.17, 15) is 0 Å². The Morgan fingerprint density at radius 1 is 1.60 bits per heavy atom. The molecule has 0 aromatic carbocycles. The maximum absolute atomic E-state index is 9.14. The molecule has 1 aromatic heterocycles. The van der Waals surface area contributed by atoms with Gasteiger partial charge in [-0.15, -0.1) is 0 Å². The summed E-state index contributed by atoms with van der Waals surface area (Å²) in [7, 11) is 0. The molecule has 1 heterocycles. The largest absolute Gasteiger partial charge is 0.393 e. The number of aliphatic hydroxyl groups excluding tert-OH is 1. The minimum atomic E-state index is -0.308. The molecule has 0 spiro atoms. The lowest BCUT2D eigenvalue weighted by atomic mass is 10.1. The average Bonchev–Trinajstić information content (AvgIpc) is 2.63. The standard InChI is InChI=1S/C11H18N2O2/c1-7(14)4-5-9-12-10(13-15-9)8-6-11(8,2)3/h7-8,14H,4-6H2,1-3H3. The predicted octanol–water partition coefficient (Wildman–Crippen LogP) is 1.90. The Bertz CT molecular complexity index is 344.